The van der Waals surface area contributed by atoms with Gasteiger partial charge >= 0.3 is 0 Å². The average Bonchev–Trinajstić information content (AvgIpc) is 2.56. The highest BCUT2D eigenvalue weighted by Gasteiger charge is 2.40. The van der Waals surface area contributed by atoms with E-state index < -0.39 is 0 Å². The molecule has 1 aromatic heterocycles. The van der Waals surface area contributed by atoms with E-state index in [1.165, 1.54) is 6.42 Å². The SMILES string of the molecule is COc1ncc(Br)cc1CN1CC2(CCOCC2)CCC1CO. The smallest absolute Gasteiger partial charge is 0.217 e. The Morgan fingerprint density at radius 1 is 1.43 bits per heavy atom. The highest BCUT2D eigenvalue weighted by atomic mass is 79.9. The molecule has 23 heavy (non-hydrogen) atoms. The summed E-state index contributed by atoms with van der Waals surface area (Å²) in [6.45, 7) is 3.69. The number of piperidine rings is 1. The number of ether oxygens (including phenoxy) is 2. The summed E-state index contributed by atoms with van der Waals surface area (Å²) in [5.41, 5.74) is 1.40. The third-order valence-corrected chi connectivity index (χ3v) is 5.72. The van der Waals surface area contributed by atoms with Crippen molar-refractivity contribution in [3.05, 3.63) is 22.3 Å². The van der Waals surface area contributed by atoms with Crippen LogP contribution in [0.5, 0.6) is 5.88 Å². The molecule has 2 aliphatic heterocycles. The molecule has 3 heterocycles. The second-order valence-electron chi connectivity index (χ2n) is 6.71. The molecule has 1 aromatic rings. The van der Waals surface area contributed by atoms with Crippen LogP contribution in [0.2, 0.25) is 0 Å². The number of aromatic nitrogens is 1. The Labute approximate surface area is 146 Å². The quantitative estimate of drug-likeness (QED) is 0.864. The van der Waals surface area contributed by atoms with Gasteiger partial charge in [-0.1, -0.05) is 0 Å². The number of hydrogen-bond donors (Lipinski definition) is 1. The number of rotatable bonds is 4. The first kappa shape index (κ1) is 17.1. The van der Waals surface area contributed by atoms with Gasteiger partial charge in [-0.15, -0.1) is 0 Å². The van der Waals surface area contributed by atoms with Crippen molar-refractivity contribution >= 4 is 15.9 Å². The van der Waals surface area contributed by atoms with Crippen molar-refractivity contribution < 1.29 is 14.6 Å². The van der Waals surface area contributed by atoms with Crippen LogP contribution in [-0.2, 0) is 11.3 Å². The minimum absolute atomic E-state index is 0.205. The molecule has 0 radical (unpaired) electrons. The lowest BCUT2D eigenvalue weighted by atomic mass is 9.72. The van der Waals surface area contributed by atoms with Crippen molar-refractivity contribution in [2.75, 3.05) is 33.5 Å². The summed E-state index contributed by atoms with van der Waals surface area (Å²) in [6, 6.07) is 2.28. The maximum Gasteiger partial charge on any atom is 0.217 e. The van der Waals surface area contributed by atoms with E-state index in [0.717, 1.165) is 55.6 Å². The summed E-state index contributed by atoms with van der Waals surface area (Å²) in [6.07, 6.45) is 6.22. The zero-order valence-electron chi connectivity index (χ0n) is 13.6. The van der Waals surface area contributed by atoms with E-state index in [9.17, 15) is 5.11 Å². The van der Waals surface area contributed by atoms with E-state index in [-0.39, 0.29) is 12.6 Å². The Kier molecular flexibility index (Phi) is 5.57. The number of likely N-dealkylation sites (tertiary alicyclic amines) is 1. The Morgan fingerprint density at radius 3 is 2.91 bits per heavy atom. The highest BCUT2D eigenvalue weighted by Crippen LogP contribution is 2.41. The van der Waals surface area contributed by atoms with Crippen LogP contribution in [0, 0.1) is 5.41 Å². The lowest BCUT2D eigenvalue weighted by molar-refractivity contribution is -0.0551. The molecule has 2 aliphatic rings. The minimum Gasteiger partial charge on any atom is -0.481 e. The fourth-order valence-electron chi connectivity index (χ4n) is 3.88. The molecular weight excluding hydrogens is 360 g/mol. The van der Waals surface area contributed by atoms with Crippen LogP contribution in [0.25, 0.3) is 0 Å². The molecule has 0 aliphatic carbocycles. The lowest BCUT2D eigenvalue weighted by Crippen LogP contribution is -2.51. The summed E-state index contributed by atoms with van der Waals surface area (Å²) in [7, 11) is 1.65. The molecule has 2 saturated heterocycles. The van der Waals surface area contributed by atoms with Crippen molar-refractivity contribution in [1.29, 1.82) is 0 Å². The monoisotopic (exact) mass is 384 g/mol. The predicted octanol–water partition coefficient (Wildman–Crippen LogP) is 2.61. The number of methoxy groups -OCH3 is 1. The van der Waals surface area contributed by atoms with Crippen LogP contribution < -0.4 is 4.74 Å². The Bertz CT molecular complexity index is 535. The van der Waals surface area contributed by atoms with Gasteiger partial charge in [0.05, 0.1) is 13.7 Å². The maximum absolute atomic E-state index is 9.78. The standard InChI is InChI=1S/C17H25BrN2O3/c1-22-16-13(8-14(18)9-19-16)10-20-12-17(3-2-15(20)11-21)4-6-23-7-5-17/h8-9,15,21H,2-7,10-12H2,1H3. The molecule has 5 nitrogen and oxygen atoms in total. The molecule has 2 fully saturated rings. The second-order valence-corrected chi connectivity index (χ2v) is 7.63. The van der Waals surface area contributed by atoms with Crippen LogP contribution in [0.15, 0.2) is 16.7 Å². The predicted molar refractivity (Wildman–Crippen MR) is 91.5 cm³/mol. The minimum atomic E-state index is 0.205. The van der Waals surface area contributed by atoms with Gasteiger partial charge in [-0.05, 0) is 53.1 Å². The fourth-order valence-corrected chi connectivity index (χ4v) is 4.26. The van der Waals surface area contributed by atoms with Gasteiger partial charge in [0.25, 0.3) is 0 Å². The summed E-state index contributed by atoms with van der Waals surface area (Å²) >= 11 is 3.49. The summed E-state index contributed by atoms with van der Waals surface area (Å²) < 4.78 is 11.9. The zero-order valence-corrected chi connectivity index (χ0v) is 15.2. The number of aliphatic hydroxyl groups is 1. The van der Waals surface area contributed by atoms with E-state index in [2.05, 4.69) is 31.9 Å². The van der Waals surface area contributed by atoms with E-state index >= 15 is 0 Å². The van der Waals surface area contributed by atoms with Gasteiger partial charge in [-0.25, -0.2) is 4.98 Å². The zero-order chi connectivity index (χ0) is 16.3. The number of pyridine rings is 1. The van der Waals surface area contributed by atoms with Gasteiger partial charge in [-0.2, -0.15) is 0 Å². The van der Waals surface area contributed by atoms with Gasteiger partial charge in [0.2, 0.25) is 5.88 Å². The van der Waals surface area contributed by atoms with E-state index in [1.54, 1.807) is 13.3 Å². The molecule has 1 atom stereocenters. The van der Waals surface area contributed by atoms with E-state index in [0.29, 0.717) is 11.3 Å². The maximum atomic E-state index is 9.78. The van der Waals surface area contributed by atoms with Crippen molar-refractivity contribution in [3.63, 3.8) is 0 Å². The van der Waals surface area contributed by atoms with Gasteiger partial charge in [0.15, 0.2) is 0 Å². The van der Waals surface area contributed by atoms with Crippen LogP contribution >= 0.6 is 15.9 Å². The molecule has 128 valence electrons. The van der Waals surface area contributed by atoms with E-state index in [4.69, 9.17) is 9.47 Å². The van der Waals surface area contributed by atoms with Crippen molar-refractivity contribution in [2.45, 2.75) is 38.3 Å². The molecular formula is C17H25BrN2O3. The number of aliphatic hydroxyl groups excluding tert-OH is 1. The van der Waals surface area contributed by atoms with E-state index in [1.807, 2.05) is 0 Å². The Balaban J connectivity index is 1.79. The Hall–Kier alpha value is -0.690. The molecule has 3 rings (SSSR count). The first-order valence-electron chi connectivity index (χ1n) is 8.27. The van der Waals surface area contributed by atoms with Crippen molar-refractivity contribution in [3.8, 4) is 5.88 Å². The third-order valence-electron chi connectivity index (χ3n) is 5.29. The second kappa shape index (κ2) is 7.47. The number of halogens is 1. The molecule has 1 unspecified atom stereocenters. The summed E-state index contributed by atoms with van der Waals surface area (Å²) in [5.74, 6) is 0.663. The first-order valence-corrected chi connectivity index (χ1v) is 9.06. The molecule has 0 saturated carbocycles. The van der Waals surface area contributed by atoms with Gasteiger partial charge < -0.3 is 14.6 Å². The van der Waals surface area contributed by atoms with Crippen LogP contribution in [-0.4, -0.2) is 54.5 Å². The molecule has 1 N–H and O–H groups in total. The topological polar surface area (TPSA) is 54.8 Å². The fraction of sp³-hybridized carbons (Fsp3) is 0.706. The van der Waals surface area contributed by atoms with Crippen molar-refractivity contribution in [1.82, 2.24) is 9.88 Å². The highest BCUT2D eigenvalue weighted by molar-refractivity contribution is 9.10. The third kappa shape index (κ3) is 3.87. The number of hydrogen-bond acceptors (Lipinski definition) is 5. The van der Waals surface area contributed by atoms with Crippen molar-refractivity contribution in [2.24, 2.45) is 5.41 Å². The van der Waals surface area contributed by atoms with Crippen LogP contribution in [0.1, 0.15) is 31.2 Å². The van der Waals surface area contributed by atoms with Gasteiger partial charge in [-0.3, -0.25) is 4.90 Å². The number of nitrogens with zero attached hydrogens (tertiary/aromatic N) is 2. The molecule has 0 bridgehead atoms. The summed E-state index contributed by atoms with van der Waals surface area (Å²) in [4.78, 5) is 6.74. The first-order chi connectivity index (χ1) is 11.2. The lowest BCUT2D eigenvalue weighted by Gasteiger charge is -2.48. The summed E-state index contributed by atoms with van der Waals surface area (Å²) in [5, 5.41) is 9.78. The largest absolute Gasteiger partial charge is 0.481 e. The molecule has 6 heteroatoms. The van der Waals surface area contributed by atoms with Gasteiger partial charge in [0, 0.05) is 48.6 Å². The Morgan fingerprint density at radius 2 is 2.22 bits per heavy atom. The molecule has 0 amide bonds. The van der Waals surface area contributed by atoms with Crippen LogP contribution in [0.4, 0.5) is 0 Å². The van der Waals surface area contributed by atoms with Crippen LogP contribution in [0.3, 0.4) is 0 Å². The molecule has 0 aromatic carbocycles. The molecule has 1 spiro atoms. The normalized spacial score (nSPS) is 24.7. The van der Waals surface area contributed by atoms with Gasteiger partial charge in [0.1, 0.15) is 0 Å². The average molecular weight is 385 g/mol.